The van der Waals surface area contributed by atoms with Gasteiger partial charge >= 0.3 is 18.9 Å². The molecule has 0 aromatic carbocycles. The van der Waals surface area contributed by atoms with Gasteiger partial charge in [-0.25, -0.2) is 0 Å². The molecule has 0 radical (unpaired) electrons. The molecular formula is C11H25LiOSi. The van der Waals surface area contributed by atoms with E-state index in [4.69, 9.17) is 4.43 Å². The minimum atomic E-state index is 0. The van der Waals surface area contributed by atoms with Gasteiger partial charge in [-0.15, -0.1) is 0 Å². The SMILES string of the molecule is C[C-](C)CCCC(O[SiH3])C(C)(C)C.[Li+]. The molecule has 80 valence electrons. The number of hydrogen-bond donors (Lipinski definition) is 0. The van der Waals surface area contributed by atoms with Crippen LogP contribution in [-0.4, -0.2) is 16.6 Å². The normalized spacial score (nSPS) is 14.1. The first kappa shape index (κ1) is 17.2. The van der Waals surface area contributed by atoms with Crippen LogP contribution in [0.2, 0.25) is 0 Å². The van der Waals surface area contributed by atoms with Crippen LogP contribution in [0.5, 0.6) is 0 Å². The van der Waals surface area contributed by atoms with Gasteiger partial charge in [0.25, 0.3) is 0 Å². The summed E-state index contributed by atoms with van der Waals surface area (Å²) in [6, 6.07) is 0. The third-order valence-corrected chi connectivity index (χ3v) is 2.96. The summed E-state index contributed by atoms with van der Waals surface area (Å²) in [6.07, 6.45) is 4.18. The minimum Gasteiger partial charge on any atom is -0.425 e. The van der Waals surface area contributed by atoms with Crippen LogP contribution in [0.15, 0.2) is 0 Å². The molecule has 0 heterocycles. The molecule has 0 spiro atoms. The Bertz CT molecular complexity index is 132. The standard InChI is InChI=1S/C11H25OSi.Li/c1-9(2)7-6-8-10(12-13)11(3,4)5;/h10H,6-8H2,1-5,13H3;/q-1;+1. The van der Waals surface area contributed by atoms with Crippen LogP contribution < -0.4 is 18.9 Å². The van der Waals surface area contributed by atoms with Gasteiger partial charge < -0.3 is 10.3 Å². The van der Waals surface area contributed by atoms with Gasteiger partial charge in [-0.3, -0.25) is 0 Å². The molecule has 0 saturated heterocycles. The molecule has 0 aromatic rings. The Labute approximate surface area is 105 Å². The molecule has 3 heteroatoms. The van der Waals surface area contributed by atoms with E-state index in [1.807, 2.05) is 0 Å². The second-order valence-electron chi connectivity index (χ2n) is 5.19. The summed E-state index contributed by atoms with van der Waals surface area (Å²) in [7, 11) is 0.859. The molecule has 1 atom stereocenters. The summed E-state index contributed by atoms with van der Waals surface area (Å²) < 4.78 is 5.63. The third-order valence-electron chi connectivity index (χ3n) is 2.39. The van der Waals surface area contributed by atoms with E-state index in [0.29, 0.717) is 11.5 Å². The zero-order valence-electron chi connectivity index (χ0n) is 11.1. The zero-order valence-corrected chi connectivity index (χ0v) is 13.1. The zero-order chi connectivity index (χ0) is 10.5. The molecule has 0 amide bonds. The number of rotatable bonds is 5. The van der Waals surface area contributed by atoms with Gasteiger partial charge in [-0.1, -0.05) is 27.2 Å². The van der Waals surface area contributed by atoms with Crippen LogP contribution in [0, 0.1) is 11.3 Å². The maximum absolute atomic E-state index is 5.63. The molecule has 0 aliphatic heterocycles. The van der Waals surface area contributed by atoms with Crippen molar-refractivity contribution in [3.63, 3.8) is 0 Å². The fourth-order valence-corrected chi connectivity index (χ4v) is 2.49. The van der Waals surface area contributed by atoms with E-state index in [-0.39, 0.29) is 18.9 Å². The van der Waals surface area contributed by atoms with Gasteiger partial charge in [0.1, 0.15) is 10.5 Å². The molecule has 1 nitrogen and oxygen atoms in total. The van der Waals surface area contributed by atoms with Crippen molar-refractivity contribution in [2.75, 3.05) is 0 Å². The minimum absolute atomic E-state index is 0. The molecular weight excluding hydrogens is 183 g/mol. The van der Waals surface area contributed by atoms with Crippen LogP contribution in [0.25, 0.3) is 0 Å². The van der Waals surface area contributed by atoms with Crippen LogP contribution in [-0.2, 0) is 4.43 Å². The fourth-order valence-electron chi connectivity index (χ4n) is 1.55. The van der Waals surface area contributed by atoms with E-state index >= 15 is 0 Å². The summed E-state index contributed by atoms with van der Waals surface area (Å²) in [5.74, 6) is 1.53. The summed E-state index contributed by atoms with van der Waals surface area (Å²) in [6.45, 7) is 11.2. The Morgan fingerprint density at radius 1 is 1.29 bits per heavy atom. The van der Waals surface area contributed by atoms with Crippen molar-refractivity contribution in [3.8, 4) is 0 Å². The average molecular weight is 208 g/mol. The first-order valence-corrected chi connectivity index (χ1v) is 6.01. The van der Waals surface area contributed by atoms with Crippen molar-refractivity contribution in [1.29, 1.82) is 0 Å². The molecule has 14 heavy (non-hydrogen) atoms. The van der Waals surface area contributed by atoms with Crippen LogP contribution in [0.4, 0.5) is 0 Å². The molecule has 0 rings (SSSR count). The van der Waals surface area contributed by atoms with Crippen molar-refractivity contribution < 1.29 is 23.3 Å². The van der Waals surface area contributed by atoms with E-state index in [2.05, 4.69) is 34.6 Å². The molecule has 1 unspecified atom stereocenters. The fraction of sp³-hybridized carbons (Fsp3) is 0.909. The second kappa shape index (κ2) is 7.99. The van der Waals surface area contributed by atoms with Gasteiger partial charge in [0, 0.05) is 6.10 Å². The van der Waals surface area contributed by atoms with E-state index in [9.17, 15) is 0 Å². The van der Waals surface area contributed by atoms with Gasteiger partial charge in [-0.2, -0.15) is 20.3 Å². The molecule has 0 N–H and O–H groups in total. The Balaban J connectivity index is 0. The summed E-state index contributed by atoms with van der Waals surface area (Å²) in [5, 5.41) is 0. The quantitative estimate of drug-likeness (QED) is 0.437. The Hall–Kier alpha value is 0.774. The van der Waals surface area contributed by atoms with Crippen LogP contribution >= 0.6 is 0 Å². The average Bonchev–Trinajstić information content (AvgIpc) is 1.95. The van der Waals surface area contributed by atoms with Gasteiger partial charge in [0.15, 0.2) is 0 Å². The Morgan fingerprint density at radius 3 is 2.07 bits per heavy atom. The third kappa shape index (κ3) is 8.11. The van der Waals surface area contributed by atoms with E-state index in [1.165, 1.54) is 25.2 Å². The topological polar surface area (TPSA) is 9.23 Å². The van der Waals surface area contributed by atoms with Crippen LogP contribution in [0.1, 0.15) is 53.9 Å². The molecule has 0 aliphatic rings. The Morgan fingerprint density at radius 2 is 1.79 bits per heavy atom. The summed E-state index contributed by atoms with van der Waals surface area (Å²) in [4.78, 5) is 0. The molecule has 0 saturated carbocycles. The van der Waals surface area contributed by atoms with Crippen molar-refractivity contribution in [3.05, 3.63) is 5.92 Å². The number of hydrogen-bond acceptors (Lipinski definition) is 1. The molecule has 0 fully saturated rings. The van der Waals surface area contributed by atoms with Gasteiger partial charge in [-0.05, 0) is 11.8 Å². The molecule has 0 aliphatic carbocycles. The van der Waals surface area contributed by atoms with Crippen molar-refractivity contribution >= 4 is 10.5 Å². The smallest absolute Gasteiger partial charge is 0.425 e. The van der Waals surface area contributed by atoms with E-state index in [0.717, 1.165) is 10.5 Å². The first-order valence-electron chi connectivity index (χ1n) is 5.19. The molecule has 0 aromatic heterocycles. The monoisotopic (exact) mass is 208 g/mol. The van der Waals surface area contributed by atoms with Crippen molar-refractivity contribution in [1.82, 2.24) is 0 Å². The summed E-state index contributed by atoms with van der Waals surface area (Å²) in [5.41, 5.74) is 0.309. The maximum atomic E-state index is 5.63. The largest absolute Gasteiger partial charge is 1.00 e. The maximum Gasteiger partial charge on any atom is 1.00 e. The predicted molar refractivity (Wildman–Crippen MR) is 62.7 cm³/mol. The van der Waals surface area contributed by atoms with Crippen molar-refractivity contribution in [2.24, 2.45) is 5.41 Å². The van der Waals surface area contributed by atoms with E-state index in [1.54, 1.807) is 0 Å². The predicted octanol–water partition coefficient (Wildman–Crippen LogP) is -0.513. The van der Waals surface area contributed by atoms with E-state index < -0.39 is 0 Å². The Kier molecular flexibility index (Phi) is 9.80. The summed E-state index contributed by atoms with van der Waals surface area (Å²) >= 11 is 0. The van der Waals surface area contributed by atoms with Crippen molar-refractivity contribution in [2.45, 2.75) is 60.0 Å². The van der Waals surface area contributed by atoms with Gasteiger partial charge in [0.2, 0.25) is 0 Å². The van der Waals surface area contributed by atoms with Gasteiger partial charge in [0.05, 0.1) is 0 Å². The molecule has 0 bridgehead atoms. The second-order valence-corrected chi connectivity index (χ2v) is 5.66. The first-order chi connectivity index (χ1) is 5.88. The van der Waals surface area contributed by atoms with Crippen LogP contribution in [0.3, 0.4) is 0 Å².